The fraction of sp³-hybridized carbons (Fsp3) is 0. The molecule has 0 atom stereocenters. The molecule has 238 valence electrons. The Labute approximate surface area is 295 Å². The summed E-state index contributed by atoms with van der Waals surface area (Å²) in [5.41, 5.74) is 11.0. The molecule has 0 aromatic heterocycles. The van der Waals surface area contributed by atoms with E-state index < -0.39 is 0 Å². The lowest BCUT2D eigenvalue weighted by atomic mass is 9.34. The van der Waals surface area contributed by atoms with Gasteiger partial charge in [0.05, 0.1) is 5.69 Å². The van der Waals surface area contributed by atoms with Crippen molar-refractivity contribution in [2.75, 3.05) is 4.90 Å². The third-order valence-corrected chi connectivity index (χ3v) is 10.4. The van der Waals surface area contributed by atoms with E-state index in [9.17, 15) is 0 Å². The second-order valence-corrected chi connectivity index (χ2v) is 13.2. The van der Waals surface area contributed by atoms with Crippen LogP contribution in [-0.2, 0) is 0 Å². The SMILES string of the molecule is c1ccc(-c2ccc3c(c2)B2c4cc5c(cc4Oc4cccc(c42)O3)-c2ccc(N(c3ccccc3)c3ccccc3)c3cccc(c23)O5)cc1. The van der Waals surface area contributed by atoms with E-state index in [1.165, 1.54) is 5.56 Å². The maximum atomic E-state index is 6.87. The van der Waals surface area contributed by atoms with Crippen molar-refractivity contribution in [1.29, 1.82) is 0 Å². The van der Waals surface area contributed by atoms with Gasteiger partial charge in [-0.25, -0.2) is 0 Å². The molecule has 0 saturated heterocycles. The second kappa shape index (κ2) is 10.9. The fourth-order valence-corrected chi connectivity index (χ4v) is 8.13. The Kier molecular flexibility index (Phi) is 6.01. The predicted molar refractivity (Wildman–Crippen MR) is 207 cm³/mol. The van der Waals surface area contributed by atoms with E-state index in [1.807, 2.05) is 24.3 Å². The summed E-state index contributed by atoms with van der Waals surface area (Å²) in [6.45, 7) is -0.0777. The largest absolute Gasteiger partial charge is 0.458 e. The highest BCUT2D eigenvalue weighted by Gasteiger charge is 2.41. The molecule has 5 heteroatoms. The van der Waals surface area contributed by atoms with E-state index in [0.717, 1.165) is 95.4 Å². The molecule has 0 fully saturated rings. The molecule has 8 aromatic rings. The Morgan fingerprint density at radius 2 is 1.02 bits per heavy atom. The van der Waals surface area contributed by atoms with Crippen LogP contribution in [0.15, 0.2) is 170 Å². The van der Waals surface area contributed by atoms with Crippen LogP contribution in [0.4, 0.5) is 17.1 Å². The number of hydrogen-bond acceptors (Lipinski definition) is 4. The van der Waals surface area contributed by atoms with E-state index >= 15 is 0 Å². The number of rotatable bonds is 4. The summed E-state index contributed by atoms with van der Waals surface area (Å²) in [6.07, 6.45) is 0. The first kappa shape index (κ1) is 28.2. The minimum Gasteiger partial charge on any atom is -0.458 e. The summed E-state index contributed by atoms with van der Waals surface area (Å²) in [6, 6.07) is 59.3. The Hall–Kier alpha value is -6.72. The quantitative estimate of drug-likeness (QED) is 0.177. The number of benzene rings is 8. The number of anilines is 3. The average Bonchev–Trinajstić information content (AvgIpc) is 3.19. The number of para-hydroxylation sites is 2. The average molecular weight is 654 g/mol. The van der Waals surface area contributed by atoms with Crippen LogP contribution >= 0.6 is 0 Å². The van der Waals surface area contributed by atoms with Crippen LogP contribution in [0.5, 0.6) is 34.5 Å². The molecular weight excluding hydrogens is 625 g/mol. The third kappa shape index (κ3) is 4.28. The molecule has 11 rings (SSSR count). The summed E-state index contributed by atoms with van der Waals surface area (Å²) in [5.74, 6) is 5.00. The zero-order chi connectivity index (χ0) is 33.5. The number of hydrogen-bond donors (Lipinski definition) is 0. The van der Waals surface area contributed by atoms with Gasteiger partial charge in [-0.1, -0.05) is 103 Å². The minimum absolute atomic E-state index is 0.0777. The zero-order valence-electron chi connectivity index (χ0n) is 27.4. The van der Waals surface area contributed by atoms with Crippen molar-refractivity contribution in [1.82, 2.24) is 0 Å². The molecule has 0 N–H and O–H groups in total. The van der Waals surface area contributed by atoms with Gasteiger partial charge in [-0.2, -0.15) is 0 Å². The molecule has 3 aliphatic rings. The van der Waals surface area contributed by atoms with E-state index in [2.05, 4.69) is 150 Å². The molecular formula is C46H28BNO3. The lowest BCUT2D eigenvalue weighted by Crippen LogP contribution is -2.57. The molecule has 0 spiro atoms. The van der Waals surface area contributed by atoms with Gasteiger partial charge < -0.3 is 19.1 Å². The van der Waals surface area contributed by atoms with Gasteiger partial charge in [0, 0.05) is 33.2 Å². The van der Waals surface area contributed by atoms with Crippen molar-refractivity contribution < 1.29 is 14.2 Å². The van der Waals surface area contributed by atoms with Gasteiger partial charge in [0.2, 0.25) is 0 Å². The molecule has 0 aliphatic carbocycles. The third-order valence-electron chi connectivity index (χ3n) is 10.4. The molecule has 0 bridgehead atoms. The van der Waals surface area contributed by atoms with E-state index in [4.69, 9.17) is 14.2 Å². The van der Waals surface area contributed by atoms with E-state index in [-0.39, 0.29) is 6.71 Å². The summed E-state index contributed by atoms with van der Waals surface area (Å²) in [5, 5.41) is 2.20. The van der Waals surface area contributed by atoms with Gasteiger partial charge in [0.1, 0.15) is 34.5 Å². The first-order valence-corrected chi connectivity index (χ1v) is 17.3. The molecule has 0 unspecified atom stereocenters. The molecule has 0 saturated carbocycles. The molecule has 0 amide bonds. The van der Waals surface area contributed by atoms with Crippen molar-refractivity contribution >= 4 is 50.9 Å². The summed E-state index contributed by atoms with van der Waals surface area (Å²) >= 11 is 0. The lowest BCUT2D eigenvalue weighted by molar-refractivity contribution is 0.461. The summed E-state index contributed by atoms with van der Waals surface area (Å²) in [4.78, 5) is 2.31. The number of fused-ring (bicyclic) bond motifs is 6. The highest BCUT2D eigenvalue weighted by molar-refractivity contribution is 6.98. The van der Waals surface area contributed by atoms with Crippen molar-refractivity contribution in [3.8, 4) is 56.8 Å². The topological polar surface area (TPSA) is 30.9 Å². The molecule has 3 aliphatic heterocycles. The Morgan fingerprint density at radius 1 is 0.392 bits per heavy atom. The van der Waals surface area contributed by atoms with Crippen LogP contribution in [-0.4, -0.2) is 6.71 Å². The maximum absolute atomic E-state index is 6.87. The molecule has 51 heavy (non-hydrogen) atoms. The minimum atomic E-state index is -0.0777. The van der Waals surface area contributed by atoms with Crippen LogP contribution in [0.2, 0.25) is 0 Å². The predicted octanol–water partition coefficient (Wildman–Crippen LogP) is 10.5. The smallest absolute Gasteiger partial charge is 0.260 e. The van der Waals surface area contributed by atoms with Crippen LogP contribution in [0, 0.1) is 0 Å². The first-order valence-electron chi connectivity index (χ1n) is 17.3. The van der Waals surface area contributed by atoms with Crippen LogP contribution in [0.3, 0.4) is 0 Å². The Morgan fingerprint density at radius 3 is 1.76 bits per heavy atom. The van der Waals surface area contributed by atoms with Crippen LogP contribution in [0.1, 0.15) is 0 Å². The van der Waals surface area contributed by atoms with Gasteiger partial charge in [-0.3, -0.25) is 0 Å². The normalized spacial score (nSPS) is 12.7. The zero-order valence-corrected chi connectivity index (χ0v) is 27.4. The van der Waals surface area contributed by atoms with Crippen molar-refractivity contribution in [3.63, 3.8) is 0 Å². The number of ether oxygens (including phenoxy) is 3. The Bertz CT molecular complexity index is 2640. The van der Waals surface area contributed by atoms with Gasteiger partial charge in [-0.05, 0) is 94.3 Å². The van der Waals surface area contributed by atoms with Gasteiger partial charge in [0.15, 0.2) is 0 Å². The number of nitrogens with zero attached hydrogens (tertiary/aromatic N) is 1. The summed E-state index contributed by atoms with van der Waals surface area (Å²) in [7, 11) is 0. The van der Waals surface area contributed by atoms with Gasteiger partial charge in [0.25, 0.3) is 6.71 Å². The van der Waals surface area contributed by atoms with Crippen LogP contribution < -0.4 is 35.5 Å². The Balaban J connectivity index is 1.09. The molecule has 3 heterocycles. The summed E-state index contributed by atoms with van der Waals surface area (Å²) < 4.78 is 20.1. The lowest BCUT2D eigenvalue weighted by Gasteiger charge is -2.34. The molecule has 8 aromatic carbocycles. The fourth-order valence-electron chi connectivity index (χ4n) is 8.13. The molecule has 4 nitrogen and oxygen atoms in total. The monoisotopic (exact) mass is 653 g/mol. The highest BCUT2D eigenvalue weighted by atomic mass is 16.5. The van der Waals surface area contributed by atoms with Gasteiger partial charge >= 0.3 is 0 Å². The van der Waals surface area contributed by atoms with Crippen LogP contribution in [0.25, 0.3) is 33.0 Å². The highest BCUT2D eigenvalue weighted by Crippen LogP contribution is 2.51. The van der Waals surface area contributed by atoms with E-state index in [0.29, 0.717) is 0 Å². The maximum Gasteiger partial charge on any atom is 0.260 e. The van der Waals surface area contributed by atoms with Crippen molar-refractivity contribution in [2.45, 2.75) is 0 Å². The standard InChI is InChI=1S/C46H28BNO3/c1-4-12-29(13-5-1)30-22-25-39-36(26-30)47-37-28-43-35(27-44(37)51-42-21-11-20-41(49-39)46(42)47)33-23-24-38(34-18-10-19-40(50-43)45(33)34)48(31-14-6-2-7-15-31)32-16-8-3-9-17-32/h1-28H. The molecule has 0 radical (unpaired) electrons. The van der Waals surface area contributed by atoms with Crippen molar-refractivity contribution in [3.05, 3.63) is 170 Å². The van der Waals surface area contributed by atoms with Gasteiger partial charge in [-0.15, -0.1) is 0 Å². The van der Waals surface area contributed by atoms with Crippen molar-refractivity contribution in [2.24, 2.45) is 0 Å². The second-order valence-electron chi connectivity index (χ2n) is 13.2. The van der Waals surface area contributed by atoms with E-state index in [1.54, 1.807) is 0 Å². The first-order chi connectivity index (χ1) is 25.3.